The molecule has 1 nitrogen and oxygen atoms in total. The molecule has 0 aliphatic rings. The van der Waals surface area contributed by atoms with Crippen LogP contribution in [-0.2, 0) is 4.74 Å². The lowest BCUT2D eigenvalue weighted by atomic mass is 10.4. The van der Waals surface area contributed by atoms with Crippen LogP contribution in [0.5, 0.6) is 0 Å². The third-order valence-corrected chi connectivity index (χ3v) is 1.28. The minimum Gasteiger partial charge on any atom is -0.372 e. The summed E-state index contributed by atoms with van der Waals surface area (Å²) in [5.41, 5.74) is 0. The molecular formula is C6H10Cl2O. The van der Waals surface area contributed by atoms with E-state index < -0.39 is 0 Å². The van der Waals surface area contributed by atoms with E-state index in [0.717, 1.165) is 0 Å². The minimum atomic E-state index is -0.0505. The van der Waals surface area contributed by atoms with Gasteiger partial charge < -0.3 is 4.74 Å². The van der Waals surface area contributed by atoms with Crippen molar-refractivity contribution in [2.45, 2.75) is 6.10 Å². The van der Waals surface area contributed by atoms with Gasteiger partial charge in [-0.3, -0.25) is 0 Å². The van der Waals surface area contributed by atoms with Crippen LogP contribution in [0.4, 0.5) is 0 Å². The van der Waals surface area contributed by atoms with Crippen molar-refractivity contribution in [2.24, 2.45) is 0 Å². The van der Waals surface area contributed by atoms with Gasteiger partial charge in [-0.05, 0) is 0 Å². The van der Waals surface area contributed by atoms with Crippen molar-refractivity contribution in [3.8, 4) is 0 Å². The zero-order valence-corrected chi connectivity index (χ0v) is 6.66. The van der Waals surface area contributed by atoms with Gasteiger partial charge in [0.25, 0.3) is 0 Å². The maximum atomic E-state index is 5.46. The number of halogens is 2. The average molecular weight is 169 g/mol. The van der Waals surface area contributed by atoms with Crippen molar-refractivity contribution < 1.29 is 4.74 Å². The third kappa shape index (κ3) is 4.76. The summed E-state index contributed by atoms with van der Waals surface area (Å²) in [5, 5.41) is 0. The zero-order valence-electron chi connectivity index (χ0n) is 5.15. The average Bonchev–Trinajstić information content (AvgIpc) is 1.91. The SMILES string of the molecule is C=CC(CCl)OCCCl. The molecule has 0 saturated carbocycles. The summed E-state index contributed by atoms with van der Waals surface area (Å²) < 4.78 is 5.11. The Labute approximate surface area is 65.6 Å². The van der Waals surface area contributed by atoms with E-state index in [9.17, 15) is 0 Å². The van der Waals surface area contributed by atoms with Crippen LogP contribution in [0.1, 0.15) is 0 Å². The van der Waals surface area contributed by atoms with Crippen LogP contribution in [0, 0.1) is 0 Å². The van der Waals surface area contributed by atoms with E-state index in [0.29, 0.717) is 18.4 Å². The molecule has 54 valence electrons. The Bertz CT molecular complexity index is 75.5. The molecule has 0 radical (unpaired) electrons. The predicted molar refractivity (Wildman–Crippen MR) is 41.4 cm³/mol. The van der Waals surface area contributed by atoms with Crippen molar-refractivity contribution in [3.05, 3.63) is 12.7 Å². The fourth-order valence-electron chi connectivity index (χ4n) is 0.371. The third-order valence-electron chi connectivity index (χ3n) is 0.824. The van der Waals surface area contributed by atoms with Gasteiger partial charge in [0.15, 0.2) is 0 Å². The van der Waals surface area contributed by atoms with Gasteiger partial charge in [0.05, 0.1) is 18.6 Å². The largest absolute Gasteiger partial charge is 0.372 e. The first-order valence-electron chi connectivity index (χ1n) is 2.71. The van der Waals surface area contributed by atoms with E-state index in [1.165, 1.54) is 0 Å². The molecule has 0 amide bonds. The molecule has 1 atom stereocenters. The van der Waals surface area contributed by atoms with Crippen molar-refractivity contribution in [1.82, 2.24) is 0 Å². The van der Waals surface area contributed by atoms with Gasteiger partial charge in [-0.15, -0.1) is 29.8 Å². The van der Waals surface area contributed by atoms with E-state index in [-0.39, 0.29) is 6.10 Å². The van der Waals surface area contributed by atoms with Gasteiger partial charge in [-0.2, -0.15) is 0 Å². The zero-order chi connectivity index (χ0) is 7.11. The maximum absolute atomic E-state index is 5.46. The lowest BCUT2D eigenvalue weighted by Crippen LogP contribution is -2.12. The molecule has 0 spiro atoms. The van der Waals surface area contributed by atoms with Crippen LogP contribution >= 0.6 is 23.2 Å². The van der Waals surface area contributed by atoms with Crippen LogP contribution in [0.15, 0.2) is 12.7 Å². The monoisotopic (exact) mass is 168 g/mol. The molecule has 0 fully saturated rings. The van der Waals surface area contributed by atoms with Crippen molar-refractivity contribution in [1.29, 1.82) is 0 Å². The molecule has 1 unspecified atom stereocenters. The standard InChI is InChI=1S/C6H10Cl2O/c1-2-6(5-8)9-4-3-7/h2,6H,1,3-5H2. The highest BCUT2D eigenvalue weighted by Gasteiger charge is 1.98. The molecule has 9 heavy (non-hydrogen) atoms. The fourth-order valence-corrected chi connectivity index (χ4v) is 0.676. The number of rotatable bonds is 5. The number of ether oxygens (including phenoxy) is 1. The summed E-state index contributed by atoms with van der Waals surface area (Å²) in [4.78, 5) is 0. The molecule has 0 aliphatic carbocycles. The molecule has 3 heteroatoms. The number of hydrogen-bond acceptors (Lipinski definition) is 1. The summed E-state index contributed by atoms with van der Waals surface area (Å²) in [7, 11) is 0. The van der Waals surface area contributed by atoms with Crippen molar-refractivity contribution in [3.63, 3.8) is 0 Å². The summed E-state index contributed by atoms with van der Waals surface area (Å²) in [6.45, 7) is 4.06. The van der Waals surface area contributed by atoms with E-state index in [2.05, 4.69) is 6.58 Å². The molecule has 0 aromatic carbocycles. The van der Waals surface area contributed by atoms with Gasteiger partial charge in [-0.25, -0.2) is 0 Å². The first-order chi connectivity index (χ1) is 4.35. The van der Waals surface area contributed by atoms with Crippen LogP contribution in [-0.4, -0.2) is 24.5 Å². The van der Waals surface area contributed by atoms with E-state index in [1.807, 2.05) is 0 Å². The number of alkyl halides is 2. The topological polar surface area (TPSA) is 9.23 Å². The Hall–Kier alpha value is 0.280. The Balaban J connectivity index is 3.20. The summed E-state index contributed by atoms with van der Waals surface area (Å²) >= 11 is 10.8. The highest BCUT2D eigenvalue weighted by Crippen LogP contribution is 1.96. The Morgan fingerprint density at radius 3 is 2.56 bits per heavy atom. The highest BCUT2D eigenvalue weighted by atomic mass is 35.5. The van der Waals surface area contributed by atoms with E-state index >= 15 is 0 Å². The van der Waals surface area contributed by atoms with E-state index in [4.69, 9.17) is 27.9 Å². The first kappa shape index (κ1) is 9.28. The summed E-state index contributed by atoms with van der Waals surface area (Å²) in [6.07, 6.45) is 1.62. The molecule has 0 saturated heterocycles. The lowest BCUT2D eigenvalue weighted by Gasteiger charge is -2.07. The van der Waals surface area contributed by atoms with Crippen LogP contribution < -0.4 is 0 Å². The molecule has 0 aromatic rings. The first-order valence-corrected chi connectivity index (χ1v) is 3.78. The second-order valence-corrected chi connectivity index (χ2v) is 2.17. The van der Waals surface area contributed by atoms with Crippen LogP contribution in [0.3, 0.4) is 0 Å². The van der Waals surface area contributed by atoms with Gasteiger partial charge >= 0.3 is 0 Å². The van der Waals surface area contributed by atoms with Gasteiger partial charge in [0.1, 0.15) is 0 Å². The molecule has 0 heterocycles. The fraction of sp³-hybridized carbons (Fsp3) is 0.667. The predicted octanol–water partition coefficient (Wildman–Crippen LogP) is 2.04. The molecule has 0 rings (SSSR count). The maximum Gasteiger partial charge on any atom is 0.0889 e. The molecule has 0 aliphatic heterocycles. The minimum absolute atomic E-state index is 0.0505. The van der Waals surface area contributed by atoms with Crippen molar-refractivity contribution >= 4 is 23.2 Å². The normalized spacial score (nSPS) is 13.1. The Morgan fingerprint density at radius 1 is 1.56 bits per heavy atom. The quantitative estimate of drug-likeness (QED) is 0.452. The summed E-state index contributed by atoms with van der Waals surface area (Å²) in [5.74, 6) is 0.946. The van der Waals surface area contributed by atoms with Gasteiger partial charge in [0.2, 0.25) is 0 Å². The van der Waals surface area contributed by atoms with E-state index in [1.54, 1.807) is 6.08 Å². The highest BCUT2D eigenvalue weighted by molar-refractivity contribution is 6.18. The smallest absolute Gasteiger partial charge is 0.0889 e. The van der Waals surface area contributed by atoms with Crippen LogP contribution in [0.25, 0.3) is 0 Å². The molecular weight excluding hydrogens is 159 g/mol. The van der Waals surface area contributed by atoms with Crippen LogP contribution in [0.2, 0.25) is 0 Å². The molecule has 0 bridgehead atoms. The lowest BCUT2D eigenvalue weighted by molar-refractivity contribution is 0.113. The van der Waals surface area contributed by atoms with Gasteiger partial charge in [-0.1, -0.05) is 6.08 Å². The Morgan fingerprint density at radius 2 is 2.22 bits per heavy atom. The second kappa shape index (κ2) is 6.40. The van der Waals surface area contributed by atoms with Gasteiger partial charge in [0, 0.05) is 5.88 Å². The summed E-state index contributed by atoms with van der Waals surface area (Å²) in [6, 6.07) is 0. The number of hydrogen-bond donors (Lipinski definition) is 0. The second-order valence-electron chi connectivity index (χ2n) is 1.49. The molecule has 0 aromatic heterocycles. The van der Waals surface area contributed by atoms with Crippen molar-refractivity contribution in [2.75, 3.05) is 18.4 Å². The Kier molecular flexibility index (Phi) is 6.60. The molecule has 0 N–H and O–H groups in total.